The van der Waals surface area contributed by atoms with E-state index in [0.29, 0.717) is 18.8 Å². The Labute approximate surface area is 149 Å². The lowest BCUT2D eigenvalue weighted by atomic mass is 10.1. The number of esters is 1. The highest BCUT2D eigenvalue weighted by Crippen LogP contribution is 2.22. The van der Waals surface area contributed by atoms with Crippen molar-refractivity contribution in [2.45, 2.75) is 19.5 Å². The van der Waals surface area contributed by atoms with Crippen molar-refractivity contribution < 1.29 is 27.5 Å². The van der Waals surface area contributed by atoms with Crippen LogP contribution in [0.5, 0.6) is 0 Å². The van der Waals surface area contributed by atoms with Crippen molar-refractivity contribution >= 4 is 23.3 Å². The molecule has 0 spiro atoms. The van der Waals surface area contributed by atoms with Crippen molar-refractivity contribution in [2.24, 2.45) is 0 Å². The molecule has 1 amide bonds. The van der Waals surface area contributed by atoms with Gasteiger partial charge in [0.25, 0.3) is 0 Å². The van der Waals surface area contributed by atoms with Crippen molar-refractivity contribution in [3.05, 3.63) is 36.4 Å². The maximum Gasteiger partial charge on any atom is 0.390 e. The van der Waals surface area contributed by atoms with E-state index in [1.165, 1.54) is 6.07 Å². The number of ether oxygens (including phenoxy) is 1. The molecule has 144 valence electrons. The van der Waals surface area contributed by atoms with Gasteiger partial charge >= 0.3 is 12.1 Å². The van der Waals surface area contributed by atoms with E-state index in [2.05, 4.69) is 22.5 Å². The van der Waals surface area contributed by atoms with Crippen LogP contribution < -0.4 is 16.0 Å². The first-order chi connectivity index (χ1) is 12.3. The number of rotatable bonds is 10. The Balaban J connectivity index is 2.66. The second-order valence-electron chi connectivity index (χ2n) is 5.22. The number of anilines is 2. The van der Waals surface area contributed by atoms with Crippen LogP contribution in [0.15, 0.2) is 30.9 Å². The third-order valence-electron chi connectivity index (χ3n) is 3.17. The van der Waals surface area contributed by atoms with Gasteiger partial charge in [-0.25, -0.2) is 4.79 Å². The molecule has 9 heteroatoms. The second kappa shape index (κ2) is 10.4. The largest absolute Gasteiger partial charge is 0.462 e. The highest BCUT2D eigenvalue weighted by molar-refractivity contribution is 6.05. The quantitative estimate of drug-likeness (QED) is 0.334. The third-order valence-corrected chi connectivity index (χ3v) is 3.17. The minimum atomic E-state index is -4.18. The van der Waals surface area contributed by atoms with Crippen LogP contribution in [-0.4, -0.2) is 44.3 Å². The van der Waals surface area contributed by atoms with Crippen molar-refractivity contribution in [1.29, 1.82) is 0 Å². The fourth-order valence-electron chi connectivity index (χ4n) is 1.98. The average Bonchev–Trinajstić information content (AvgIpc) is 2.57. The lowest BCUT2D eigenvalue weighted by Crippen LogP contribution is -2.26. The molecule has 26 heavy (non-hydrogen) atoms. The summed E-state index contributed by atoms with van der Waals surface area (Å²) in [5.41, 5.74) is 1.04. The molecule has 0 radical (unpaired) electrons. The summed E-state index contributed by atoms with van der Waals surface area (Å²) >= 11 is 0. The smallest absolute Gasteiger partial charge is 0.390 e. The van der Waals surface area contributed by atoms with E-state index in [0.717, 1.165) is 6.08 Å². The van der Waals surface area contributed by atoms with Crippen LogP contribution in [0.25, 0.3) is 0 Å². The van der Waals surface area contributed by atoms with E-state index in [4.69, 9.17) is 4.74 Å². The van der Waals surface area contributed by atoms with E-state index in [9.17, 15) is 22.8 Å². The van der Waals surface area contributed by atoms with Gasteiger partial charge in [0.1, 0.15) is 0 Å². The van der Waals surface area contributed by atoms with E-state index < -0.39 is 24.5 Å². The Morgan fingerprint density at radius 1 is 1.23 bits per heavy atom. The van der Waals surface area contributed by atoms with Crippen LogP contribution in [0.4, 0.5) is 24.5 Å². The Hall–Kier alpha value is -2.55. The summed E-state index contributed by atoms with van der Waals surface area (Å²) < 4.78 is 41.0. The van der Waals surface area contributed by atoms with E-state index >= 15 is 0 Å². The van der Waals surface area contributed by atoms with E-state index in [-0.39, 0.29) is 24.4 Å². The molecule has 6 nitrogen and oxygen atoms in total. The fourth-order valence-corrected chi connectivity index (χ4v) is 1.98. The summed E-state index contributed by atoms with van der Waals surface area (Å²) in [7, 11) is 0. The Morgan fingerprint density at radius 2 is 1.96 bits per heavy atom. The third kappa shape index (κ3) is 8.02. The van der Waals surface area contributed by atoms with Gasteiger partial charge in [-0.1, -0.05) is 6.58 Å². The molecule has 0 aliphatic heterocycles. The SMILES string of the molecule is C=CC(=O)Nc1cc(NCCNCCC(F)(F)F)ccc1C(=O)OCC. The number of carbonyl (C=O) groups excluding carboxylic acids is 2. The molecule has 0 heterocycles. The number of halogens is 3. The molecular weight excluding hydrogens is 351 g/mol. The Kier molecular flexibility index (Phi) is 8.63. The molecule has 1 aromatic rings. The maximum absolute atomic E-state index is 12.0. The van der Waals surface area contributed by atoms with Gasteiger partial charge < -0.3 is 20.7 Å². The van der Waals surface area contributed by atoms with Gasteiger partial charge in [0, 0.05) is 25.3 Å². The first kappa shape index (κ1) is 21.5. The van der Waals surface area contributed by atoms with Gasteiger partial charge in [-0.15, -0.1) is 0 Å². The van der Waals surface area contributed by atoms with Crippen LogP contribution in [0, 0.1) is 0 Å². The summed E-state index contributed by atoms with van der Waals surface area (Å²) in [5, 5.41) is 8.20. The number of hydrogen-bond donors (Lipinski definition) is 3. The van der Waals surface area contributed by atoms with E-state index in [1.807, 2.05) is 0 Å². The summed E-state index contributed by atoms with van der Waals surface area (Å²) in [6.07, 6.45) is -4.00. The molecule has 0 bridgehead atoms. The van der Waals surface area contributed by atoms with E-state index in [1.54, 1.807) is 19.1 Å². The van der Waals surface area contributed by atoms with Crippen LogP contribution in [-0.2, 0) is 9.53 Å². The molecule has 0 fully saturated rings. The maximum atomic E-state index is 12.0. The average molecular weight is 373 g/mol. The Morgan fingerprint density at radius 3 is 2.58 bits per heavy atom. The molecule has 0 aliphatic carbocycles. The summed E-state index contributed by atoms with van der Waals surface area (Å²) in [6.45, 7) is 5.74. The van der Waals surface area contributed by atoms with Gasteiger partial charge in [-0.2, -0.15) is 13.2 Å². The van der Waals surface area contributed by atoms with Crippen LogP contribution in [0.2, 0.25) is 0 Å². The summed E-state index contributed by atoms with van der Waals surface area (Å²) in [4.78, 5) is 23.5. The molecule has 0 unspecified atom stereocenters. The summed E-state index contributed by atoms with van der Waals surface area (Å²) in [5.74, 6) is -1.06. The standard InChI is InChI=1S/C17H22F3N3O3/c1-3-15(24)23-14-11-12(5-6-13(14)16(25)26-4-2)22-10-9-21-8-7-17(18,19)20/h3,5-6,11,21-22H,1,4,7-10H2,2H3,(H,23,24). The van der Waals surface area contributed by atoms with Crippen LogP contribution in [0.1, 0.15) is 23.7 Å². The molecule has 1 rings (SSSR count). The van der Waals surface area contributed by atoms with Crippen LogP contribution in [0.3, 0.4) is 0 Å². The van der Waals surface area contributed by atoms with Gasteiger partial charge in [-0.05, 0) is 31.2 Å². The monoisotopic (exact) mass is 373 g/mol. The molecule has 0 saturated carbocycles. The lowest BCUT2D eigenvalue weighted by molar-refractivity contribution is -0.133. The van der Waals surface area contributed by atoms with Gasteiger partial charge in [-0.3, -0.25) is 4.79 Å². The van der Waals surface area contributed by atoms with Crippen molar-refractivity contribution in [1.82, 2.24) is 5.32 Å². The number of benzene rings is 1. The lowest BCUT2D eigenvalue weighted by Gasteiger charge is -2.13. The number of amides is 1. The molecule has 1 aromatic carbocycles. The van der Waals surface area contributed by atoms with Crippen molar-refractivity contribution in [2.75, 3.05) is 36.9 Å². The van der Waals surface area contributed by atoms with Gasteiger partial charge in [0.2, 0.25) is 5.91 Å². The van der Waals surface area contributed by atoms with Crippen molar-refractivity contribution in [3.8, 4) is 0 Å². The first-order valence-electron chi connectivity index (χ1n) is 8.02. The summed E-state index contributed by atoms with van der Waals surface area (Å²) in [6, 6.07) is 4.66. The number of nitrogens with one attached hydrogen (secondary N) is 3. The molecule has 0 aromatic heterocycles. The van der Waals surface area contributed by atoms with Crippen LogP contribution >= 0.6 is 0 Å². The molecule has 0 atom stereocenters. The number of carbonyl (C=O) groups is 2. The number of alkyl halides is 3. The van der Waals surface area contributed by atoms with Crippen molar-refractivity contribution in [3.63, 3.8) is 0 Å². The topological polar surface area (TPSA) is 79.5 Å². The highest BCUT2D eigenvalue weighted by atomic mass is 19.4. The highest BCUT2D eigenvalue weighted by Gasteiger charge is 2.25. The molecule has 3 N–H and O–H groups in total. The first-order valence-corrected chi connectivity index (χ1v) is 8.02. The fraction of sp³-hybridized carbons (Fsp3) is 0.412. The molecule has 0 saturated heterocycles. The minimum absolute atomic E-state index is 0.159. The minimum Gasteiger partial charge on any atom is -0.462 e. The number of hydrogen-bond acceptors (Lipinski definition) is 5. The zero-order valence-electron chi connectivity index (χ0n) is 14.4. The van der Waals surface area contributed by atoms with Gasteiger partial charge in [0.15, 0.2) is 0 Å². The Bertz CT molecular complexity index is 633. The predicted molar refractivity (Wildman–Crippen MR) is 93.3 cm³/mol. The normalized spacial score (nSPS) is 10.9. The second-order valence-corrected chi connectivity index (χ2v) is 5.22. The zero-order chi connectivity index (χ0) is 19.6. The van der Waals surface area contributed by atoms with Gasteiger partial charge in [0.05, 0.1) is 24.3 Å². The molecular formula is C17H22F3N3O3. The molecule has 0 aliphatic rings. The zero-order valence-corrected chi connectivity index (χ0v) is 14.4. The predicted octanol–water partition coefficient (Wildman–Crippen LogP) is 2.94.